The van der Waals surface area contributed by atoms with Gasteiger partial charge in [-0.15, -0.1) is 12.4 Å². The van der Waals surface area contributed by atoms with Gasteiger partial charge in [0, 0.05) is 13.1 Å². The molecule has 0 aliphatic carbocycles. The molecule has 0 bridgehead atoms. The monoisotopic (exact) mass is 397 g/mol. The zero-order chi connectivity index (χ0) is 18.5. The molecule has 0 unspecified atom stereocenters. The minimum Gasteiger partial charge on any atom is -0.489 e. The van der Waals surface area contributed by atoms with Gasteiger partial charge >= 0.3 is 0 Å². The molecule has 1 N–H and O–H groups in total. The highest BCUT2D eigenvalue weighted by Crippen LogP contribution is 2.32. The average molecular weight is 398 g/mol. The van der Waals surface area contributed by atoms with Gasteiger partial charge in [-0.1, -0.05) is 48.0 Å². The topological polar surface area (TPSA) is 39.7 Å². The predicted molar refractivity (Wildman–Crippen MR) is 112 cm³/mol. The van der Waals surface area contributed by atoms with Crippen molar-refractivity contribution in [2.24, 2.45) is 0 Å². The maximum atomic E-state index is 5.93. The summed E-state index contributed by atoms with van der Waals surface area (Å²) in [6.07, 6.45) is 0. The Morgan fingerprint density at radius 3 is 2.36 bits per heavy atom. The van der Waals surface area contributed by atoms with Crippen molar-refractivity contribution in [1.29, 1.82) is 0 Å². The van der Waals surface area contributed by atoms with Crippen LogP contribution in [0.25, 0.3) is 0 Å². The van der Waals surface area contributed by atoms with E-state index in [9.17, 15) is 0 Å². The lowest BCUT2D eigenvalue weighted by atomic mass is 10.1. The number of rotatable bonds is 7. The van der Waals surface area contributed by atoms with Crippen molar-refractivity contribution in [2.45, 2.75) is 26.6 Å². The standard InChI is InChI=1S/C23H23NO3.ClH/c1-17-5-7-18(8-6-17)15-25-21-4-2-3-19(11-21)13-24-14-20-9-10-22-23(12-20)27-16-26-22;/h2-12,24H,13-16H2,1H3;1H. The summed E-state index contributed by atoms with van der Waals surface area (Å²) >= 11 is 0. The van der Waals surface area contributed by atoms with E-state index in [1.165, 1.54) is 22.3 Å². The van der Waals surface area contributed by atoms with Crippen LogP contribution in [0.1, 0.15) is 22.3 Å². The van der Waals surface area contributed by atoms with Crippen LogP contribution in [0.5, 0.6) is 17.2 Å². The molecule has 0 amide bonds. The van der Waals surface area contributed by atoms with E-state index in [-0.39, 0.29) is 12.4 Å². The Labute approximate surface area is 171 Å². The van der Waals surface area contributed by atoms with Crippen molar-refractivity contribution in [2.75, 3.05) is 6.79 Å². The van der Waals surface area contributed by atoms with Gasteiger partial charge in [0.1, 0.15) is 12.4 Å². The lowest BCUT2D eigenvalue weighted by Gasteiger charge is -2.10. The van der Waals surface area contributed by atoms with Crippen molar-refractivity contribution < 1.29 is 14.2 Å². The molecule has 1 heterocycles. The number of fused-ring (bicyclic) bond motifs is 1. The van der Waals surface area contributed by atoms with Gasteiger partial charge in [-0.2, -0.15) is 0 Å². The highest BCUT2D eigenvalue weighted by Gasteiger charge is 2.12. The summed E-state index contributed by atoms with van der Waals surface area (Å²) in [4.78, 5) is 0. The van der Waals surface area contributed by atoms with Crippen LogP contribution >= 0.6 is 12.4 Å². The van der Waals surface area contributed by atoms with Gasteiger partial charge in [-0.25, -0.2) is 0 Å². The van der Waals surface area contributed by atoms with Gasteiger partial charge in [0.05, 0.1) is 0 Å². The van der Waals surface area contributed by atoms with E-state index in [0.717, 1.165) is 30.3 Å². The van der Waals surface area contributed by atoms with Crippen LogP contribution in [-0.2, 0) is 19.7 Å². The highest BCUT2D eigenvalue weighted by atomic mass is 35.5. The number of benzene rings is 3. The minimum atomic E-state index is 0. The first-order valence-electron chi connectivity index (χ1n) is 9.13. The highest BCUT2D eigenvalue weighted by molar-refractivity contribution is 5.85. The van der Waals surface area contributed by atoms with Crippen molar-refractivity contribution in [3.8, 4) is 17.2 Å². The van der Waals surface area contributed by atoms with E-state index in [4.69, 9.17) is 14.2 Å². The quantitative estimate of drug-likeness (QED) is 0.608. The zero-order valence-electron chi connectivity index (χ0n) is 15.8. The lowest BCUT2D eigenvalue weighted by Crippen LogP contribution is -2.12. The van der Waals surface area contributed by atoms with Crippen molar-refractivity contribution in [1.82, 2.24) is 5.32 Å². The summed E-state index contributed by atoms with van der Waals surface area (Å²) in [5, 5.41) is 3.46. The molecular weight excluding hydrogens is 374 g/mol. The first kappa shape index (κ1) is 20.1. The second kappa shape index (κ2) is 9.49. The number of aryl methyl sites for hydroxylation is 1. The normalized spacial score (nSPS) is 11.8. The second-order valence-electron chi connectivity index (χ2n) is 6.71. The number of halogens is 1. The Bertz CT molecular complexity index is 912. The first-order chi connectivity index (χ1) is 13.3. The number of nitrogens with one attached hydrogen (secondary N) is 1. The molecule has 0 atom stereocenters. The molecule has 28 heavy (non-hydrogen) atoms. The molecule has 0 fully saturated rings. The third kappa shape index (κ3) is 5.18. The summed E-state index contributed by atoms with van der Waals surface area (Å²) < 4.78 is 16.7. The molecule has 0 aromatic heterocycles. The van der Waals surface area contributed by atoms with Crippen molar-refractivity contribution in [3.63, 3.8) is 0 Å². The summed E-state index contributed by atoms with van der Waals surface area (Å²) in [5.41, 5.74) is 4.80. The molecule has 146 valence electrons. The molecule has 4 rings (SSSR count). The molecule has 3 aromatic carbocycles. The van der Waals surface area contributed by atoms with E-state index in [1.807, 2.05) is 24.3 Å². The second-order valence-corrected chi connectivity index (χ2v) is 6.71. The maximum Gasteiger partial charge on any atom is 0.231 e. The van der Waals surface area contributed by atoms with Crippen LogP contribution in [0.3, 0.4) is 0 Å². The fourth-order valence-corrected chi connectivity index (χ4v) is 3.00. The molecule has 0 spiro atoms. The molecule has 0 saturated heterocycles. The molecule has 3 aromatic rings. The number of ether oxygens (including phenoxy) is 3. The predicted octanol–water partition coefficient (Wildman–Crippen LogP) is 5.01. The Hall–Kier alpha value is -2.69. The van der Waals surface area contributed by atoms with Crippen molar-refractivity contribution in [3.05, 3.63) is 89.0 Å². The van der Waals surface area contributed by atoms with Gasteiger partial charge < -0.3 is 19.5 Å². The smallest absolute Gasteiger partial charge is 0.231 e. The molecular formula is C23H24ClNO3. The molecule has 1 aliphatic rings. The third-order valence-corrected chi connectivity index (χ3v) is 4.52. The van der Waals surface area contributed by atoms with E-state index < -0.39 is 0 Å². The van der Waals surface area contributed by atoms with Crippen LogP contribution in [0, 0.1) is 6.92 Å². The van der Waals surface area contributed by atoms with Crippen LogP contribution in [0.4, 0.5) is 0 Å². The molecule has 5 heteroatoms. The molecule has 4 nitrogen and oxygen atoms in total. The summed E-state index contributed by atoms with van der Waals surface area (Å²) in [5.74, 6) is 2.52. The fourth-order valence-electron chi connectivity index (χ4n) is 3.00. The largest absolute Gasteiger partial charge is 0.489 e. The van der Waals surface area contributed by atoms with Gasteiger partial charge in [0.2, 0.25) is 6.79 Å². The van der Waals surface area contributed by atoms with Crippen LogP contribution in [0.2, 0.25) is 0 Å². The maximum absolute atomic E-state index is 5.93. The van der Waals surface area contributed by atoms with E-state index in [2.05, 4.69) is 54.7 Å². The molecule has 0 saturated carbocycles. The molecule has 0 radical (unpaired) electrons. The molecule has 1 aliphatic heterocycles. The van der Waals surface area contributed by atoms with Crippen molar-refractivity contribution >= 4 is 12.4 Å². The van der Waals surface area contributed by atoms with Gasteiger partial charge in [-0.3, -0.25) is 0 Å². The van der Waals surface area contributed by atoms with Gasteiger partial charge in [0.15, 0.2) is 11.5 Å². The zero-order valence-corrected chi connectivity index (χ0v) is 16.6. The van der Waals surface area contributed by atoms with Gasteiger partial charge in [-0.05, 0) is 47.9 Å². The van der Waals surface area contributed by atoms with Crippen LogP contribution in [-0.4, -0.2) is 6.79 Å². The fraction of sp³-hybridized carbons (Fsp3) is 0.217. The lowest BCUT2D eigenvalue weighted by molar-refractivity contribution is 0.174. The SMILES string of the molecule is Cc1ccc(COc2cccc(CNCc3ccc4c(c3)OCO4)c2)cc1.Cl. The Morgan fingerprint density at radius 1 is 0.821 bits per heavy atom. The summed E-state index contributed by atoms with van der Waals surface area (Å²) in [6.45, 7) is 4.52. The van der Waals surface area contributed by atoms with E-state index >= 15 is 0 Å². The van der Waals surface area contributed by atoms with E-state index in [1.54, 1.807) is 0 Å². The summed E-state index contributed by atoms with van der Waals surface area (Å²) in [6, 6.07) is 22.7. The van der Waals surface area contributed by atoms with Crippen LogP contribution < -0.4 is 19.5 Å². The Morgan fingerprint density at radius 2 is 1.54 bits per heavy atom. The van der Waals surface area contributed by atoms with E-state index in [0.29, 0.717) is 13.4 Å². The average Bonchev–Trinajstić information content (AvgIpc) is 3.16. The number of hydrogen-bond donors (Lipinski definition) is 1. The summed E-state index contributed by atoms with van der Waals surface area (Å²) in [7, 11) is 0. The third-order valence-electron chi connectivity index (χ3n) is 4.52. The Kier molecular flexibility index (Phi) is 6.80. The first-order valence-corrected chi connectivity index (χ1v) is 9.13. The van der Waals surface area contributed by atoms with Gasteiger partial charge in [0.25, 0.3) is 0 Å². The Balaban J connectivity index is 0.00000225. The minimum absolute atomic E-state index is 0. The number of hydrogen-bond acceptors (Lipinski definition) is 4. The van der Waals surface area contributed by atoms with Crippen LogP contribution in [0.15, 0.2) is 66.7 Å².